The molecule has 0 radical (unpaired) electrons. The average Bonchev–Trinajstić information content (AvgIpc) is 2.98. The van der Waals surface area contributed by atoms with Crippen molar-refractivity contribution in [2.24, 2.45) is 5.41 Å². The molecule has 1 aliphatic heterocycles. The number of ether oxygens (including phenoxy) is 1. The van der Waals surface area contributed by atoms with Crippen molar-refractivity contribution in [3.05, 3.63) is 16.5 Å². The molecule has 1 aliphatic rings. The summed E-state index contributed by atoms with van der Waals surface area (Å²) in [5.74, 6) is -0.771. The highest BCUT2D eigenvalue weighted by atomic mass is 32.1. The molecule has 1 saturated heterocycles. The third-order valence-electron chi connectivity index (χ3n) is 4.77. The molecule has 6 nitrogen and oxygen atoms in total. The van der Waals surface area contributed by atoms with Gasteiger partial charge in [0.25, 0.3) is 5.91 Å². The van der Waals surface area contributed by atoms with Crippen LogP contribution in [0, 0.1) is 12.3 Å². The summed E-state index contributed by atoms with van der Waals surface area (Å²) < 4.78 is 5.27. The lowest BCUT2D eigenvalue weighted by atomic mass is 9.96. The van der Waals surface area contributed by atoms with Crippen LogP contribution in [0.15, 0.2) is 6.07 Å². The molecule has 1 N–H and O–H groups in total. The van der Waals surface area contributed by atoms with E-state index in [1.54, 1.807) is 13.0 Å². The van der Waals surface area contributed by atoms with E-state index in [1.807, 2.05) is 25.7 Å². The Bertz CT molecular complexity index is 705. The fraction of sp³-hybridized carbons (Fsp3) is 0.650. The maximum Gasteiger partial charge on any atom is 0.349 e. The van der Waals surface area contributed by atoms with Crippen LogP contribution in [0.3, 0.4) is 0 Å². The number of likely N-dealkylation sites (tertiary alicyclic amines) is 1. The normalized spacial score (nSPS) is 17.5. The van der Waals surface area contributed by atoms with E-state index in [0.717, 1.165) is 37.8 Å². The molecule has 2 heterocycles. The van der Waals surface area contributed by atoms with Gasteiger partial charge in [-0.2, -0.15) is 0 Å². The molecular weight excluding hydrogens is 364 g/mol. The lowest BCUT2D eigenvalue weighted by Gasteiger charge is -2.35. The van der Waals surface area contributed by atoms with Gasteiger partial charge in [-0.1, -0.05) is 27.7 Å². The summed E-state index contributed by atoms with van der Waals surface area (Å²) in [5.41, 5.74) is 0.209. The van der Waals surface area contributed by atoms with E-state index >= 15 is 0 Å². The molecule has 1 fully saturated rings. The van der Waals surface area contributed by atoms with E-state index in [0.29, 0.717) is 9.88 Å². The van der Waals surface area contributed by atoms with E-state index in [4.69, 9.17) is 4.74 Å². The number of hydrogen-bond acceptors (Lipinski definition) is 5. The molecule has 0 saturated carbocycles. The number of piperidine rings is 1. The SMILES string of the molecule is CCC1CCCCN1C(=O)COC(=O)c1sc(NC(=O)C(C)(C)C)cc1C. The molecule has 150 valence electrons. The fourth-order valence-electron chi connectivity index (χ4n) is 3.07. The first kappa shape index (κ1) is 21.4. The summed E-state index contributed by atoms with van der Waals surface area (Å²) in [4.78, 5) is 39.2. The minimum atomic E-state index is -0.521. The van der Waals surface area contributed by atoms with Crippen molar-refractivity contribution in [3.63, 3.8) is 0 Å². The zero-order chi connectivity index (χ0) is 20.2. The molecule has 0 aromatic carbocycles. The maximum atomic E-state index is 12.4. The minimum absolute atomic E-state index is 0.116. The molecular formula is C20H30N2O4S. The van der Waals surface area contributed by atoms with Gasteiger partial charge in [-0.3, -0.25) is 9.59 Å². The number of amides is 2. The first-order valence-corrected chi connectivity index (χ1v) is 10.3. The molecule has 7 heteroatoms. The summed E-state index contributed by atoms with van der Waals surface area (Å²) in [6.07, 6.45) is 4.06. The second-order valence-electron chi connectivity index (χ2n) is 8.05. The topological polar surface area (TPSA) is 75.7 Å². The van der Waals surface area contributed by atoms with Crippen molar-refractivity contribution < 1.29 is 19.1 Å². The van der Waals surface area contributed by atoms with Crippen molar-refractivity contribution >= 4 is 34.1 Å². The van der Waals surface area contributed by atoms with E-state index in [-0.39, 0.29) is 24.5 Å². The fourth-order valence-corrected chi connectivity index (χ4v) is 4.04. The van der Waals surface area contributed by atoms with Crippen molar-refractivity contribution in [1.82, 2.24) is 4.90 Å². The third-order valence-corrected chi connectivity index (χ3v) is 5.90. The first-order chi connectivity index (χ1) is 12.6. The van der Waals surface area contributed by atoms with Crippen LogP contribution in [-0.4, -0.2) is 41.9 Å². The summed E-state index contributed by atoms with van der Waals surface area (Å²) in [5, 5.41) is 3.43. The zero-order valence-corrected chi connectivity index (χ0v) is 17.7. The van der Waals surface area contributed by atoms with Crippen LogP contribution in [0.4, 0.5) is 5.00 Å². The molecule has 1 aromatic heterocycles. The van der Waals surface area contributed by atoms with Crippen molar-refractivity contribution in [1.29, 1.82) is 0 Å². The van der Waals surface area contributed by atoms with Gasteiger partial charge in [0.1, 0.15) is 4.88 Å². The van der Waals surface area contributed by atoms with Gasteiger partial charge >= 0.3 is 5.97 Å². The Balaban J connectivity index is 1.96. The summed E-state index contributed by atoms with van der Waals surface area (Å²) in [6, 6.07) is 2.00. The minimum Gasteiger partial charge on any atom is -0.451 e. The summed E-state index contributed by atoms with van der Waals surface area (Å²) in [6.45, 7) is 9.84. The lowest BCUT2D eigenvalue weighted by molar-refractivity contribution is -0.138. The quantitative estimate of drug-likeness (QED) is 0.766. The van der Waals surface area contributed by atoms with Crippen LogP contribution in [-0.2, 0) is 14.3 Å². The predicted octanol–water partition coefficient (Wildman–Crippen LogP) is 3.99. The van der Waals surface area contributed by atoms with E-state index < -0.39 is 11.4 Å². The highest BCUT2D eigenvalue weighted by Crippen LogP contribution is 2.29. The number of rotatable bonds is 5. The molecule has 1 unspecified atom stereocenters. The number of nitrogens with zero attached hydrogens (tertiary/aromatic N) is 1. The second kappa shape index (κ2) is 8.87. The number of carbonyl (C=O) groups is 3. The Morgan fingerprint density at radius 3 is 2.63 bits per heavy atom. The van der Waals surface area contributed by atoms with E-state index in [9.17, 15) is 14.4 Å². The molecule has 0 bridgehead atoms. The van der Waals surface area contributed by atoms with Crippen LogP contribution in [0.25, 0.3) is 0 Å². The third kappa shape index (κ3) is 5.54. The summed E-state index contributed by atoms with van der Waals surface area (Å²) in [7, 11) is 0. The van der Waals surface area contributed by atoms with Gasteiger partial charge in [-0.05, 0) is 44.2 Å². The highest BCUT2D eigenvalue weighted by Gasteiger charge is 2.27. The molecule has 1 atom stereocenters. The zero-order valence-electron chi connectivity index (χ0n) is 16.9. The van der Waals surface area contributed by atoms with Gasteiger partial charge in [0.15, 0.2) is 6.61 Å². The standard InChI is InChI=1S/C20H30N2O4S/c1-6-14-9-7-8-10-22(14)16(23)12-26-18(24)17-13(2)11-15(27-17)21-19(25)20(3,4)5/h11,14H,6-10,12H2,1-5H3,(H,21,25). The lowest BCUT2D eigenvalue weighted by Crippen LogP contribution is -2.45. The van der Waals surface area contributed by atoms with Crippen molar-refractivity contribution in [3.8, 4) is 0 Å². The van der Waals surface area contributed by atoms with Gasteiger partial charge in [-0.25, -0.2) is 4.79 Å². The smallest absolute Gasteiger partial charge is 0.349 e. The van der Waals surface area contributed by atoms with Crippen molar-refractivity contribution in [2.45, 2.75) is 66.3 Å². The number of anilines is 1. The molecule has 0 aliphatic carbocycles. The predicted molar refractivity (Wildman–Crippen MR) is 107 cm³/mol. The van der Waals surface area contributed by atoms with E-state index in [1.165, 1.54) is 11.3 Å². The summed E-state index contributed by atoms with van der Waals surface area (Å²) >= 11 is 1.17. The first-order valence-electron chi connectivity index (χ1n) is 9.52. The number of esters is 1. The number of nitrogens with one attached hydrogen (secondary N) is 1. The second-order valence-corrected chi connectivity index (χ2v) is 9.10. The van der Waals surface area contributed by atoms with Crippen LogP contribution < -0.4 is 5.32 Å². The van der Waals surface area contributed by atoms with E-state index in [2.05, 4.69) is 12.2 Å². The van der Waals surface area contributed by atoms with Gasteiger partial charge in [0.2, 0.25) is 5.91 Å². The maximum absolute atomic E-state index is 12.4. The monoisotopic (exact) mass is 394 g/mol. The molecule has 27 heavy (non-hydrogen) atoms. The Morgan fingerprint density at radius 2 is 2.00 bits per heavy atom. The van der Waals surface area contributed by atoms with Gasteiger partial charge in [-0.15, -0.1) is 11.3 Å². The Labute approximate surface area is 165 Å². The molecule has 0 spiro atoms. The van der Waals surface area contributed by atoms with Crippen molar-refractivity contribution in [2.75, 3.05) is 18.5 Å². The molecule has 2 rings (SSSR count). The van der Waals surface area contributed by atoms with Crippen LogP contribution in [0.2, 0.25) is 0 Å². The Morgan fingerprint density at radius 1 is 1.30 bits per heavy atom. The number of carbonyl (C=O) groups excluding carboxylic acids is 3. The van der Waals surface area contributed by atoms with Gasteiger partial charge in [0.05, 0.1) is 5.00 Å². The van der Waals surface area contributed by atoms with Crippen LogP contribution in [0.5, 0.6) is 0 Å². The Kier molecular flexibility index (Phi) is 7.03. The average molecular weight is 395 g/mol. The van der Waals surface area contributed by atoms with Crippen LogP contribution in [0.1, 0.15) is 68.6 Å². The van der Waals surface area contributed by atoms with Gasteiger partial charge in [0, 0.05) is 18.0 Å². The highest BCUT2D eigenvalue weighted by molar-refractivity contribution is 7.18. The molecule has 2 amide bonds. The Hall–Kier alpha value is -1.89. The molecule has 1 aromatic rings. The number of thiophene rings is 1. The van der Waals surface area contributed by atoms with Gasteiger partial charge < -0.3 is 15.0 Å². The number of aryl methyl sites for hydroxylation is 1. The largest absolute Gasteiger partial charge is 0.451 e. The van der Waals surface area contributed by atoms with Crippen LogP contribution >= 0.6 is 11.3 Å². The number of hydrogen-bond donors (Lipinski definition) is 1.